The van der Waals surface area contributed by atoms with Crippen LogP contribution in [-0.2, 0) is 0 Å². The molecule has 0 unspecified atom stereocenters. The van der Waals surface area contributed by atoms with Crippen LogP contribution in [0.5, 0.6) is 0 Å². The summed E-state index contributed by atoms with van der Waals surface area (Å²) in [6.07, 6.45) is 8.34. The first-order valence-electron chi connectivity index (χ1n) is 10.8. The molecule has 0 N–H and O–H groups in total. The molecule has 6 aromatic rings. The Kier molecular flexibility index (Phi) is 4.29. The number of hydrogen-bond acceptors (Lipinski definition) is 0. The number of rotatable bonds is 4. The summed E-state index contributed by atoms with van der Waals surface area (Å²) in [4.78, 5) is 0. The smallest absolute Gasteiger partial charge is 0.0540 e. The van der Waals surface area contributed by atoms with Gasteiger partial charge < -0.3 is 9.13 Å². The van der Waals surface area contributed by atoms with Gasteiger partial charge in [-0.25, -0.2) is 0 Å². The first kappa shape index (κ1) is 18.5. The van der Waals surface area contributed by atoms with Crippen LogP contribution in [0.2, 0.25) is 0 Å². The van der Waals surface area contributed by atoms with E-state index in [-0.39, 0.29) is 0 Å². The van der Waals surface area contributed by atoms with Crippen LogP contribution in [0.1, 0.15) is 0 Å². The van der Waals surface area contributed by atoms with Crippen molar-refractivity contribution in [3.63, 3.8) is 0 Å². The minimum Gasteiger partial charge on any atom is -0.316 e. The van der Waals surface area contributed by atoms with E-state index >= 15 is 0 Å². The molecule has 2 heteroatoms. The van der Waals surface area contributed by atoms with Crippen LogP contribution in [0.3, 0.4) is 0 Å². The van der Waals surface area contributed by atoms with Crippen molar-refractivity contribution in [3.8, 4) is 0 Å². The fourth-order valence-electron chi connectivity index (χ4n) is 4.72. The number of aromatic nitrogens is 2. The third-order valence-electron chi connectivity index (χ3n) is 6.12. The van der Waals surface area contributed by atoms with Gasteiger partial charge in [0.05, 0.1) is 22.1 Å². The van der Waals surface area contributed by atoms with Gasteiger partial charge in [-0.2, -0.15) is 0 Å². The Morgan fingerprint density at radius 3 is 1.44 bits per heavy atom. The maximum Gasteiger partial charge on any atom is 0.0540 e. The molecule has 152 valence electrons. The first-order valence-corrected chi connectivity index (χ1v) is 10.8. The maximum absolute atomic E-state index is 4.37. The highest BCUT2D eigenvalue weighted by molar-refractivity contribution is 6.10. The van der Waals surface area contributed by atoms with Crippen molar-refractivity contribution in [3.05, 3.63) is 122 Å². The molecule has 0 radical (unpaired) electrons. The van der Waals surface area contributed by atoms with Crippen LogP contribution in [0, 0.1) is 0 Å². The largest absolute Gasteiger partial charge is 0.316 e. The Morgan fingerprint density at radius 1 is 0.531 bits per heavy atom. The molecule has 32 heavy (non-hydrogen) atoms. The minimum atomic E-state index is 0.939. The van der Waals surface area contributed by atoms with Crippen molar-refractivity contribution in [2.75, 3.05) is 0 Å². The van der Waals surface area contributed by atoms with Gasteiger partial charge in [0.1, 0.15) is 0 Å². The Labute approximate surface area is 186 Å². The van der Waals surface area contributed by atoms with E-state index in [2.05, 4.69) is 137 Å². The summed E-state index contributed by atoms with van der Waals surface area (Å²) in [5.41, 5.74) is 5.71. The van der Waals surface area contributed by atoms with Gasteiger partial charge in [0.15, 0.2) is 0 Å². The zero-order valence-corrected chi connectivity index (χ0v) is 17.6. The molecule has 6 rings (SSSR count). The second-order valence-corrected chi connectivity index (χ2v) is 7.97. The van der Waals surface area contributed by atoms with Gasteiger partial charge in [0, 0.05) is 33.4 Å². The van der Waals surface area contributed by atoms with E-state index in [1.165, 1.54) is 43.6 Å². The van der Waals surface area contributed by atoms with Crippen LogP contribution >= 0.6 is 0 Å². The highest BCUT2D eigenvalue weighted by Crippen LogP contribution is 2.31. The van der Waals surface area contributed by atoms with Crippen LogP contribution in [0.25, 0.3) is 55.5 Å². The van der Waals surface area contributed by atoms with Crippen LogP contribution in [-0.4, -0.2) is 9.13 Å². The molecule has 0 atom stereocenters. The fraction of sp³-hybridized carbons (Fsp3) is 0. The number of benzene rings is 4. The van der Waals surface area contributed by atoms with Crippen molar-refractivity contribution in [1.82, 2.24) is 9.13 Å². The lowest BCUT2D eigenvalue weighted by molar-refractivity contribution is 1.24. The zero-order valence-electron chi connectivity index (χ0n) is 17.6. The molecule has 0 aliphatic carbocycles. The van der Waals surface area contributed by atoms with Crippen LogP contribution in [0.15, 0.2) is 122 Å². The predicted octanol–water partition coefficient (Wildman–Crippen LogP) is 8.10. The van der Waals surface area contributed by atoms with Gasteiger partial charge in [-0.05, 0) is 36.4 Å². The summed E-state index contributed by atoms with van der Waals surface area (Å²) in [7, 11) is 0. The molecule has 0 aliphatic heterocycles. The van der Waals surface area contributed by atoms with Crippen molar-refractivity contribution >= 4 is 55.5 Å². The van der Waals surface area contributed by atoms with Crippen LogP contribution in [0.4, 0.5) is 0 Å². The Morgan fingerprint density at radius 2 is 0.938 bits per heavy atom. The zero-order chi connectivity index (χ0) is 21.5. The molecule has 4 aromatic carbocycles. The summed E-state index contributed by atoms with van der Waals surface area (Å²) in [5.74, 6) is 0. The molecule has 0 spiro atoms. The van der Waals surface area contributed by atoms with E-state index in [0.29, 0.717) is 0 Å². The third kappa shape index (κ3) is 2.81. The third-order valence-corrected chi connectivity index (χ3v) is 6.12. The lowest BCUT2D eigenvalue weighted by Crippen LogP contribution is -1.92. The molecule has 0 saturated carbocycles. The topological polar surface area (TPSA) is 9.86 Å². The van der Waals surface area contributed by atoms with E-state index in [4.69, 9.17) is 0 Å². The number of para-hydroxylation sites is 4. The second kappa shape index (κ2) is 7.44. The van der Waals surface area contributed by atoms with Gasteiger partial charge in [-0.15, -0.1) is 0 Å². The molecular formula is C30H22N2. The SMILES string of the molecule is C=C(/C=C\C=C\n1c2ccccc2c2ccccc21)n1c2ccccc2c2ccccc21. The van der Waals surface area contributed by atoms with Gasteiger partial charge in [0.25, 0.3) is 0 Å². The summed E-state index contributed by atoms with van der Waals surface area (Å²) >= 11 is 0. The van der Waals surface area contributed by atoms with Crippen molar-refractivity contribution in [2.45, 2.75) is 0 Å². The predicted molar refractivity (Wildman–Crippen MR) is 139 cm³/mol. The Hall–Kier alpha value is -4.30. The lowest BCUT2D eigenvalue weighted by atomic mass is 10.2. The summed E-state index contributed by atoms with van der Waals surface area (Å²) in [6.45, 7) is 4.37. The Bertz CT molecular complexity index is 1580. The van der Waals surface area contributed by atoms with E-state index in [9.17, 15) is 0 Å². The normalized spacial score (nSPS) is 12.2. The highest BCUT2D eigenvalue weighted by atomic mass is 15.0. The molecule has 0 amide bonds. The maximum atomic E-state index is 4.37. The molecule has 0 fully saturated rings. The van der Waals surface area contributed by atoms with E-state index in [1.54, 1.807) is 0 Å². The fourth-order valence-corrected chi connectivity index (χ4v) is 4.72. The van der Waals surface area contributed by atoms with E-state index < -0.39 is 0 Å². The van der Waals surface area contributed by atoms with Crippen molar-refractivity contribution in [1.29, 1.82) is 0 Å². The first-order chi connectivity index (χ1) is 15.8. The number of hydrogen-bond donors (Lipinski definition) is 0. The summed E-state index contributed by atoms with van der Waals surface area (Å²) in [6, 6.07) is 34.1. The number of allylic oxidation sites excluding steroid dienone is 4. The quantitative estimate of drug-likeness (QED) is 0.260. The van der Waals surface area contributed by atoms with Crippen molar-refractivity contribution < 1.29 is 0 Å². The standard InChI is InChI=1S/C30H22N2/c1-22(32-29-19-8-4-15-25(29)26-16-5-9-20-30(26)32)12-10-11-21-31-27-17-6-2-13-23(27)24-14-3-7-18-28(24)31/h2-21H,1H2/b12-10-,21-11+. The summed E-state index contributed by atoms with van der Waals surface area (Å²) < 4.78 is 4.48. The molecule has 0 aliphatic rings. The van der Waals surface area contributed by atoms with E-state index in [1.807, 2.05) is 0 Å². The number of nitrogens with zero attached hydrogens (tertiary/aromatic N) is 2. The van der Waals surface area contributed by atoms with Gasteiger partial charge in [-0.1, -0.05) is 85.5 Å². The average Bonchev–Trinajstić information content (AvgIpc) is 3.35. The van der Waals surface area contributed by atoms with Crippen molar-refractivity contribution in [2.24, 2.45) is 0 Å². The molecular weight excluding hydrogens is 388 g/mol. The van der Waals surface area contributed by atoms with Gasteiger partial charge in [-0.3, -0.25) is 0 Å². The van der Waals surface area contributed by atoms with Gasteiger partial charge in [0.2, 0.25) is 0 Å². The molecule has 2 heterocycles. The molecule has 2 nitrogen and oxygen atoms in total. The molecule has 0 saturated heterocycles. The minimum absolute atomic E-state index is 0.939. The highest BCUT2D eigenvalue weighted by Gasteiger charge is 2.10. The average molecular weight is 411 g/mol. The summed E-state index contributed by atoms with van der Waals surface area (Å²) in [5, 5.41) is 5.04. The monoisotopic (exact) mass is 410 g/mol. The Balaban J connectivity index is 1.39. The van der Waals surface area contributed by atoms with Crippen LogP contribution < -0.4 is 0 Å². The number of fused-ring (bicyclic) bond motifs is 6. The van der Waals surface area contributed by atoms with E-state index in [0.717, 1.165) is 5.70 Å². The molecule has 2 aromatic heterocycles. The lowest BCUT2D eigenvalue weighted by Gasteiger charge is -2.06. The molecule has 0 bridgehead atoms. The van der Waals surface area contributed by atoms with Gasteiger partial charge >= 0.3 is 0 Å². The second-order valence-electron chi connectivity index (χ2n) is 7.97.